The van der Waals surface area contributed by atoms with E-state index in [1.54, 1.807) is 34.0 Å². The number of urea groups is 1. The first-order valence-corrected chi connectivity index (χ1v) is 11.7. The van der Waals surface area contributed by atoms with Crippen LogP contribution in [0.15, 0.2) is 46.2 Å². The van der Waals surface area contributed by atoms with Gasteiger partial charge in [0.2, 0.25) is 5.84 Å². The molecule has 28 heavy (non-hydrogen) atoms. The van der Waals surface area contributed by atoms with Gasteiger partial charge < -0.3 is 0 Å². The predicted molar refractivity (Wildman–Crippen MR) is 119 cm³/mol. The van der Waals surface area contributed by atoms with E-state index >= 15 is 0 Å². The highest BCUT2D eigenvalue weighted by molar-refractivity contribution is 7.26. The van der Waals surface area contributed by atoms with Gasteiger partial charge in [-0.15, -0.1) is 44.5 Å². The Morgan fingerprint density at radius 1 is 0.893 bits per heavy atom. The van der Waals surface area contributed by atoms with E-state index in [1.165, 1.54) is 24.6 Å². The molecule has 0 aliphatic carbocycles. The Kier molecular flexibility index (Phi) is 5.27. The summed E-state index contributed by atoms with van der Waals surface area (Å²) < 4.78 is 0. The molecule has 0 aromatic carbocycles. The number of hydrazone groups is 1. The smallest absolute Gasteiger partial charge is 0.244 e. The number of hydrogen-bond donors (Lipinski definition) is 0. The second kappa shape index (κ2) is 7.69. The molecular weight excluding hydrogens is 408 g/mol. The summed E-state index contributed by atoms with van der Waals surface area (Å²) in [6.45, 7) is 7.86. The third kappa shape index (κ3) is 3.47. The van der Waals surface area contributed by atoms with Crippen molar-refractivity contribution < 1.29 is 4.79 Å². The van der Waals surface area contributed by atoms with E-state index in [0.29, 0.717) is 5.84 Å². The highest BCUT2D eigenvalue weighted by atomic mass is 32.1. The number of amides is 2. The molecule has 1 aliphatic heterocycles. The average molecular weight is 430 g/mol. The maximum absolute atomic E-state index is 12.7. The second-order valence-electron chi connectivity index (χ2n) is 6.99. The Bertz CT molecular complexity index is 987. The van der Waals surface area contributed by atoms with Crippen LogP contribution in [0.5, 0.6) is 0 Å². The van der Waals surface area contributed by atoms with E-state index in [2.05, 4.69) is 51.6 Å². The van der Waals surface area contributed by atoms with E-state index in [-0.39, 0.29) is 18.1 Å². The minimum Gasteiger partial charge on any atom is -0.244 e. The fourth-order valence-corrected chi connectivity index (χ4v) is 5.73. The van der Waals surface area contributed by atoms with E-state index in [1.807, 2.05) is 27.7 Å². The summed E-state index contributed by atoms with van der Waals surface area (Å²) in [6, 6.07) is 10.3. The number of amidine groups is 1. The van der Waals surface area contributed by atoms with E-state index in [4.69, 9.17) is 0 Å². The van der Waals surface area contributed by atoms with Crippen molar-refractivity contribution in [3.05, 3.63) is 46.7 Å². The monoisotopic (exact) mass is 429 g/mol. The molecule has 4 rings (SSSR count). The summed E-state index contributed by atoms with van der Waals surface area (Å²) in [4.78, 5) is 17.5. The first kappa shape index (κ1) is 19.2. The fraction of sp³-hybridized carbons (Fsp3) is 0.300. The van der Waals surface area contributed by atoms with Crippen molar-refractivity contribution >= 4 is 45.9 Å². The Hall–Kier alpha value is -2.16. The van der Waals surface area contributed by atoms with Gasteiger partial charge >= 0.3 is 6.03 Å². The Morgan fingerprint density at radius 3 is 2.11 bits per heavy atom. The number of hydrogen-bond acceptors (Lipinski definition) is 5. The van der Waals surface area contributed by atoms with Crippen LogP contribution in [-0.2, 0) is 0 Å². The molecule has 145 valence electrons. The summed E-state index contributed by atoms with van der Waals surface area (Å²) in [7, 11) is 0. The van der Waals surface area contributed by atoms with Gasteiger partial charge in [0.05, 0.1) is 17.0 Å². The van der Waals surface area contributed by atoms with E-state index in [9.17, 15) is 4.79 Å². The zero-order valence-electron chi connectivity index (χ0n) is 16.1. The van der Waals surface area contributed by atoms with E-state index < -0.39 is 0 Å². The van der Waals surface area contributed by atoms with Crippen molar-refractivity contribution in [2.75, 3.05) is 0 Å². The van der Waals surface area contributed by atoms with Gasteiger partial charge in [-0.3, -0.25) is 0 Å². The van der Waals surface area contributed by atoms with Crippen molar-refractivity contribution in [3.8, 4) is 19.5 Å². The van der Waals surface area contributed by atoms with Gasteiger partial charge in [0.15, 0.2) is 0 Å². The lowest BCUT2D eigenvalue weighted by Crippen LogP contribution is -2.56. The molecule has 0 atom stereocenters. The Labute approximate surface area is 176 Å². The summed E-state index contributed by atoms with van der Waals surface area (Å²) in [5.41, 5.74) is 5.61. The topological polar surface area (TPSA) is 50.0 Å². The molecule has 4 heterocycles. The maximum atomic E-state index is 12.7. The number of carbonyl (C=O) groups is 1. The molecule has 3 aromatic rings. The quantitative estimate of drug-likeness (QED) is 0.495. The lowest BCUT2D eigenvalue weighted by molar-refractivity contribution is 0.104. The molecule has 8 heteroatoms. The molecule has 0 saturated carbocycles. The van der Waals surface area contributed by atoms with Crippen LogP contribution in [0.1, 0.15) is 33.3 Å². The Morgan fingerprint density at radius 2 is 1.54 bits per heavy atom. The van der Waals surface area contributed by atoms with Gasteiger partial charge in [-0.2, -0.15) is 0 Å². The molecule has 0 N–H and O–H groups in total. The van der Waals surface area contributed by atoms with Crippen LogP contribution in [-0.4, -0.2) is 34.0 Å². The summed E-state index contributed by atoms with van der Waals surface area (Å²) in [5, 5.41) is 11.9. The van der Waals surface area contributed by atoms with Crippen molar-refractivity contribution in [2.45, 2.75) is 39.8 Å². The molecule has 5 nitrogen and oxygen atoms in total. The van der Waals surface area contributed by atoms with Gasteiger partial charge in [-0.1, -0.05) is 12.1 Å². The standard InChI is InChI=1S/C20H21N4OS3/c1-12(2)23-20(25)24(13(3)4)22-19(21-23)14-11-17(15-7-5-9-26-15)28-18(14)16-8-6-10-27-16/h5-13H,1-4H3. The number of thiophene rings is 3. The van der Waals surface area contributed by atoms with Crippen LogP contribution in [0.2, 0.25) is 0 Å². The number of nitrogens with zero attached hydrogens (tertiary/aromatic N) is 4. The minimum absolute atomic E-state index is 0.0418. The molecular formula is C20H21N4OS3. The van der Waals surface area contributed by atoms with Crippen LogP contribution < -0.4 is 5.43 Å². The van der Waals surface area contributed by atoms with E-state index in [0.717, 1.165) is 10.4 Å². The van der Waals surface area contributed by atoms with Crippen molar-refractivity contribution in [2.24, 2.45) is 5.10 Å². The van der Waals surface area contributed by atoms with Gasteiger partial charge in [0, 0.05) is 20.2 Å². The maximum Gasteiger partial charge on any atom is 0.361 e. The Balaban J connectivity index is 1.85. The first-order chi connectivity index (χ1) is 13.5. The summed E-state index contributed by atoms with van der Waals surface area (Å²) >= 11 is 5.17. The zero-order valence-corrected chi connectivity index (χ0v) is 18.6. The molecule has 0 fully saturated rings. The highest BCUT2D eigenvalue weighted by Gasteiger charge is 2.34. The highest BCUT2D eigenvalue weighted by Crippen LogP contribution is 2.42. The van der Waals surface area contributed by atoms with Gasteiger partial charge in [-0.05, 0) is 56.7 Å². The SMILES string of the molecule is CC(C)N1[N]C(c2cc(-c3cccs3)sc2-c2cccs2)=NN(C(C)C)C1=O. The molecule has 3 aromatic heterocycles. The zero-order chi connectivity index (χ0) is 19.8. The lowest BCUT2D eigenvalue weighted by Gasteiger charge is -2.35. The van der Waals surface area contributed by atoms with Crippen LogP contribution >= 0.6 is 34.0 Å². The van der Waals surface area contributed by atoms with Crippen LogP contribution in [0, 0.1) is 0 Å². The first-order valence-electron chi connectivity index (χ1n) is 9.10. The van der Waals surface area contributed by atoms with Crippen molar-refractivity contribution in [1.29, 1.82) is 0 Å². The average Bonchev–Trinajstić information content (AvgIpc) is 3.40. The predicted octanol–water partition coefficient (Wildman–Crippen LogP) is 5.94. The lowest BCUT2D eigenvalue weighted by atomic mass is 10.2. The molecule has 0 spiro atoms. The second-order valence-corrected chi connectivity index (χ2v) is 9.94. The normalized spacial score (nSPS) is 14.8. The summed E-state index contributed by atoms with van der Waals surface area (Å²) in [6.07, 6.45) is 0. The van der Waals surface area contributed by atoms with Gasteiger partial charge in [-0.25, -0.2) is 14.8 Å². The van der Waals surface area contributed by atoms with Crippen molar-refractivity contribution in [3.63, 3.8) is 0 Å². The van der Waals surface area contributed by atoms with Gasteiger partial charge in [0.25, 0.3) is 0 Å². The largest absolute Gasteiger partial charge is 0.361 e. The van der Waals surface area contributed by atoms with Crippen LogP contribution in [0.25, 0.3) is 19.5 Å². The molecule has 0 saturated heterocycles. The van der Waals surface area contributed by atoms with Crippen molar-refractivity contribution in [1.82, 2.24) is 15.4 Å². The fourth-order valence-electron chi connectivity index (χ4n) is 2.88. The van der Waals surface area contributed by atoms with Gasteiger partial charge in [0.1, 0.15) is 0 Å². The minimum atomic E-state index is -0.180. The third-order valence-corrected chi connectivity index (χ3v) is 7.51. The molecule has 0 unspecified atom stereocenters. The molecule has 2 amide bonds. The summed E-state index contributed by atoms with van der Waals surface area (Å²) in [5.74, 6) is 0.587. The van der Waals surface area contributed by atoms with Crippen LogP contribution in [0.4, 0.5) is 4.79 Å². The molecule has 1 aliphatic rings. The number of rotatable bonds is 5. The molecule has 1 radical (unpaired) electrons. The molecule has 0 bridgehead atoms. The van der Waals surface area contributed by atoms with Crippen LogP contribution in [0.3, 0.4) is 0 Å². The third-order valence-electron chi connectivity index (χ3n) is 4.26. The number of carbonyl (C=O) groups excluding carboxylic acids is 1.